The maximum absolute atomic E-state index is 12.4. The van der Waals surface area contributed by atoms with Crippen LogP contribution in [-0.4, -0.2) is 38.2 Å². The molecule has 136 valence electrons. The van der Waals surface area contributed by atoms with E-state index in [9.17, 15) is 23.1 Å². The number of aryl methyl sites for hydroxylation is 1. The van der Waals surface area contributed by atoms with Crippen LogP contribution in [0.15, 0.2) is 18.2 Å². The molecule has 1 aliphatic heterocycles. The van der Waals surface area contributed by atoms with Crippen LogP contribution in [0.1, 0.15) is 25.8 Å². The van der Waals surface area contributed by atoms with Crippen molar-refractivity contribution in [1.82, 2.24) is 0 Å². The molecule has 1 fully saturated rings. The highest BCUT2D eigenvalue weighted by Gasteiger charge is 2.65. The van der Waals surface area contributed by atoms with Gasteiger partial charge in [-0.15, -0.1) is 0 Å². The van der Waals surface area contributed by atoms with Gasteiger partial charge in [0.05, 0.1) is 23.8 Å². The van der Waals surface area contributed by atoms with E-state index in [1.807, 2.05) is 6.07 Å². The molecule has 0 radical (unpaired) electrons. The minimum absolute atomic E-state index is 0.348. The number of hydrogen-bond acceptors (Lipinski definition) is 4. The molecule has 1 saturated carbocycles. The lowest BCUT2D eigenvalue weighted by Gasteiger charge is -2.29. The van der Waals surface area contributed by atoms with Crippen LogP contribution in [-0.2, 0) is 26.0 Å². The second kappa shape index (κ2) is 5.72. The van der Waals surface area contributed by atoms with Crippen LogP contribution in [0, 0.1) is 17.3 Å². The lowest BCUT2D eigenvalue weighted by Crippen LogP contribution is -2.34. The second-order valence-corrected chi connectivity index (χ2v) is 9.29. The highest BCUT2D eigenvalue weighted by molar-refractivity contribution is 7.92. The molecule has 2 unspecified atom stereocenters. The standard InChI is InChI=1S/C17H22N2O5S/c1-17(2)13(14(17)16(21)22)15(20)18-11-7-6-10-5-4-8-19(12(10)9-11)25(3,23)24/h6-7,9,13-14H,4-5,8H2,1-3H3,(H,18,20)(H,21,22). The van der Waals surface area contributed by atoms with Crippen molar-refractivity contribution in [2.75, 3.05) is 22.4 Å². The lowest BCUT2D eigenvalue weighted by atomic mass is 10.0. The van der Waals surface area contributed by atoms with Gasteiger partial charge in [0.15, 0.2) is 0 Å². The molecule has 3 rings (SSSR count). The monoisotopic (exact) mass is 366 g/mol. The predicted molar refractivity (Wildman–Crippen MR) is 94.0 cm³/mol. The first-order valence-corrected chi connectivity index (χ1v) is 10.0. The van der Waals surface area contributed by atoms with Crippen LogP contribution in [0.25, 0.3) is 0 Å². The van der Waals surface area contributed by atoms with E-state index in [2.05, 4.69) is 5.32 Å². The van der Waals surface area contributed by atoms with Gasteiger partial charge in [-0.3, -0.25) is 13.9 Å². The zero-order chi connectivity index (χ0) is 18.6. The fourth-order valence-corrected chi connectivity index (χ4v) is 4.76. The van der Waals surface area contributed by atoms with Gasteiger partial charge in [-0.05, 0) is 36.0 Å². The predicted octanol–water partition coefficient (Wildman–Crippen LogP) is 1.69. The molecular formula is C17H22N2O5S. The number of nitrogens with zero attached hydrogens (tertiary/aromatic N) is 1. The Hall–Kier alpha value is -2.09. The van der Waals surface area contributed by atoms with Gasteiger partial charge in [-0.2, -0.15) is 0 Å². The summed E-state index contributed by atoms with van der Waals surface area (Å²) in [6.07, 6.45) is 2.70. The van der Waals surface area contributed by atoms with Gasteiger partial charge in [0, 0.05) is 12.2 Å². The van der Waals surface area contributed by atoms with E-state index in [4.69, 9.17) is 0 Å². The Labute approximate surface area is 147 Å². The number of hydrogen-bond donors (Lipinski definition) is 2. The third kappa shape index (κ3) is 3.10. The molecule has 0 bridgehead atoms. The molecule has 1 aromatic carbocycles. The minimum Gasteiger partial charge on any atom is -0.481 e. The number of amides is 1. The van der Waals surface area contributed by atoms with Gasteiger partial charge in [0.25, 0.3) is 0 Å². The van der Waals surface area contributed by atoms with Crippen molar-refractivity contribution in [3.63, 3.8) is 0 Å². The van der Waals surface area contributed by atoms with Crippen LogP contribution in [0.5, 0.6) is 0 Å². The van der Waals surface area contributed by atoms with Gasteiger partial charge in [-0.1, -0.05) is 19.9 Å². The van der Waals surface area contributed by atoms with Crippen molar-refractivity contribution in [3.05, 3.63) is 23.8 Å². The van der Waals surface area contributed by atoms with Crippen molar-refractivity contribution in [1.29, 1.82) is 0 Å². The highest BCUT2D eigenvalue weighted by Crippen LogP contribution is 2.58. The number of benzene rings is 1. The maximum atomic E-state index is 12.4. The average Bonchev–Trinajstić information content (AvgIpc) is 3.08. The average molecular weight is 366 g/mol. The van der Waals surface area contributed by atoms with E-state index in [1.54, 1.807) is 26.0 Å². The maximum Gasteiger partial charge on any atom is 0.307 e. The Morgan fingerprint density at radius 1 is 1.28 bits per heavy atom. The number of carboxylic acids is 1. The van der Waals surface area contributed by atoms with Gasteiger partial charge >= 0.3 is 5.97 Å². The Morgan fingerprint density at radius 2 is 1.96 bits per heavy atom. The molecule has 25 heavy (non-hydrogen) atoms. The zero-order valence-corrected chi connectivity index (χ0v) is 15.3. The summed E-state index contributed by atoms with van der Waals surface area (Å²) in [5.74, 6) is -2.61. The van der Waals surface area contributed by atoms with Crippen LogP contribution in [0.2, 0.25) is 0 Å². The molecule has 1 amide bonds. The van der Waals surface area contributed by atoms with E-state index in [0.717, 1.165) is 24.7 Å². The number of fused-ring (bicyclic) bond motifs is 1. The summed E-state index contributed by atoms with van der Waals surface area (Å²) in [4.78, 5) is 23.7. The summed E-state index contributed by atoms with van der Waals surface area (Å²) >= 11 is 0. The largest absolute Gasteiger partial charge is 0.481 e. The van der Waals surface area contributed by atoms with Crippen molar-refractivity contribution in [2.24, 2.45) is 17.3 Å². The van der Waals surface area contributed by atoms with Gasteiger partial charge in [0.2, 0.25) is 15.9 Å². The number of carbonyl (C=O) groups is 2. The molecule has 1 heterocycles. The fourth-order valence-electron chi connectivity index (χ4n) is 3.77. The molecule has 0 aromatic heterocycles. The molecule has 8 heteroatoms. The minimum atomic E-state index is -3.38. The lowest BCUT2D eigenvalue weighted by molar-refractivity contribution is -0.140. The number of nitrogens with one attached hydrogen (secondary N) is 1. The second-order valence-electron chi connectivity index (χ2n) is 7.39. The number of anilines is 2. The fraction of sp³-hybridized carbons (Fsp3) is 0.529. The number of aliphatic carboxylic acids is 1. The number of carbonyl (C=O) groups excluding carboxylic acids is 1. The summed E-state index contributed by atoms with van der Waals surface area (Å²) in [6.45, 7) is 3.93. The smallest absolute Gasteiger partial charge is 0.307 e. The van der Waals surface area contributed by atoms with E-state index < -0.39 is 33.2 Å². The molecule has 0 spiro atoms. The van der Waals surface area contributed by atoms with Crippen LogP contribution < -0.4 is 9.62 Å². The molecule has 2 atom stereocenters. The molecule has 7 nitrogen and oxygen atoms in total. The molecule has 2 aliphatic rings. The van der Waals surface area contributed by atoms with Gasteiger partial charge in [0.1, 0.15) is 0 Å². The third-order valence-electron chi connectivity index (χ3n) is 5.21. The zero-order valence-electron chi connectivity index (χ0n) is 14.4. The summed E-state index contributed by atoms with van der Waals surface area (Å²) in [5, 5.41) is 11.9. The first-order valence-electron chi connectivity index (χ1n) is 8.18. The summed E-state index contributed by atoms with van der Waals surface area (Å²) in [5.41, 5.74) is 1.40. The Bertz CT molecular complexity index is 847. The topological polar surface area (TPSA) is 104 Å². The van der Waals surface area contributed by atoms with Crippen LogP contribution in [0.4, 0.5) is 11.4 Å². The molecular weight excluding hydrogens is 344 g/mol. The quantitative estimate of drug-likeness (QED) is 0.844. The summed E-state index contributed by atoms with van der Waals surface area (Å²) in [6, 6.07) is 5.20. The Morgan fingerprint density at radius 3 is 2.52 bits per heavy atom. The summed E-state index contributed by atoms with van der Waals surface area (Å²) < 4.78 is 25.3. The number of sulfonamides is 1. The van der Waals surface area contributed by atoms with E-state index >= 15 is 0 Å². The van der Waals surface area contributed by atoms with E-state index in [-0.39, 0.29) is 5.91 Å². The van der Waals surface area contributed by atoms with Crippen LogP contribution >= 0.6 is 0 Å². The van der Waals surface area contributed by atoms with Crippen LogP contribution in [0.3, 0.4) is 0 Å². The highest BCUT2D eigenvalue weighted by atomic mass is 32.2. The Kier molecular flexibility index (Phi) is 4.06. The van der Waals surface area contributed by atoms with Crippen molar-refractivity contribution in [3.8, 4) is 0 Å². The Balaban J connectivity index is 1.84. The first-order chi connectivity index (χ1) is 11.5. The van der Waals surface area contributed by atoms with E-state index in [1.165, 1.54) is 4.31 Å². The first kappa shape index (κ1) is 17.7. The summed E-state index contributed by atoms with van der Waals surface area (Å²) in [7, 11) is -3.38. The van der Waals surface area contributed by atoms with Crippen molar-refractivity contribution >= 4 is 33.3 Å². The van der Waals surface area contributed by atoms with Crippen molar-refractivity contribution in [2.45, 2.75) is 26.7 Å². The third-order valence-corrected chi connectivity index (χ3v) is 6.38. The molecule has 1 aliphatic carbocycles. The van der Waals surface area contributed by atoms with Gasteiger partial charge in [-0.25, -0.2) is 8.42 Å². The van der Waals surface area contributed by atoms with E-state index in [0.29, 0.717) is 17.9 Å². The molecule has 1 aromatic rings. The molecule has 2 N–H and O–H groups in total. The number of rotatable bonds is 4. The normalized spacial score (nSPS) is 24.4. The number of carboxylic acid groups (broad SMARTS) is 1. The van der Waals surface area contributed by atoms with Crippen molar-refractivity contribution < 1.29 is 23.1 Å². The SMILES string of the molecule is CC1(C)C(C(=O)O)C1C(=O)Nc1ccc2c(c1)N(S(C)(=O)=O)CCC2. The van der Waals surface area contributed by atoms with Gasteiger partial charge < -0.3 is 10.4 Å². The molecule has 0 saturated heterocycles.